The van der Waals surface area contributed by atoms with Crippen LogP contribution in [0.5, 0.6) is 0 Å². The quantitative estimate of drug-likeness (QED) is 0.822. The van der Waals surface area contributed by atoms with Gasteiger partial charge in [-0.15, -0.1) is 0 Å². The maximum Gasteiger partial charge on any atom is 0.0839 e. The molecule has 2 aromatic carbocycles. The summed E-state index contributed by atoms with van der Waals surface area (Å²) in [5.74, 6) is -0.0778. The summed E-state index contributed by atoms with van der Waals surface area (Å²) in [5.41, 5.74) is 3.65. The van der Waals surface area contributed by atoms with Crippen LogP contribution in [0, 0.1) is 18.3 Å². The number of aryl methyl sites for hydroxylation is 1. The molecule has 2 heteroatoms. The van der Waals surface area contributed by atoms with Crippen molar-refractivity contribution in [2.45, 2.75) is 19.4 Å². The molecule has 0 spiro atoms. The molecule has 0 aliphatic rings. The Hall–Kier alpha value is -2.11. The van der Waals surface area contributed by atoms with Crippen LogP contribution < -0.4 is 0 Å². The first kappa shape index (κ1) is 14.3. The molecule has 2 rings (SSSR count). The van der Waals surface area contributed by atoms with Crippen LogP contribution >= 0.6 is 0 Å². The zero-order valence-corrected chi connectivity index (χ0v) is 12.1. The van der Waals surface area contributed by atoms with E-state index in [9.17, 15) is 5.26 Å². The molecule has 0 saturated carbocycles. The molecule has 1 atom stereocenters. The standard InChI is InChI=1S/C18H20N2/c1-15-7-6-8-16(11-15)13-20(2)14-18(12-19)17-9-4-3-5-10-17/h3-11,18H,13-14H2,1-2H3. The molecule has 0 aliphatic heterocycles. The first-order chi connectivity index (χ1) is 9.69. The Balaban J connectivity index is 2.00. The Labute approximate surface area is 121 Å². The summed E-state index contributed by atoms with van der Waals surface area (Å²) < 4.78 is 0. The van der Waals surface area contributed by atoms with E-state index in [0.717, 1.165) is 18.7 Å². The Morgan fingerprint density at radius 3 is 2.50 bits per heavy atom. The fourth-order valence-corrected chi connectivity index (χ4v) is 2.40. The molecule has 1 unspecified atom stereocenters. The van der Waals surface area contributed by atoms with Gasteiger partial charge in [-0.25, -0.2) is 0 Å². The van der Waals surface area contributed by atoms with Crippen molar-refractivity contribution >= 4 is 0 Å². The first-order valence-electron chi connectivity index (χ1n) is 6.87. The predicted molar refractivity (Wildman–Crippen MR) is 82.3 cm³/mol. The van der Waals surface area contributed by atoms with E-state index in [2.05, 4.69) is 49.2 Å². The summed E-state index contributed by atoms with van der Waals surface area (Å²) >= 11 is 0. The van der Waals surface area contributed by atoms with E-state index in [1.54, 1.807) is 0 Å². The molecule has 0 amide bonds. The highest BCUT2D eigenvalue weighted by molar-refractivity contribution is 5.25. The average molecular weight is 264 g/mol. The molecular formula is C18H20N2. The molecule has 0 saturated heterocycles. The second-order valence-electron chi connectivity index (χ2n) is 5.28. The Morgan fingerprint density at radius 2 is 1.85 bits per heavy atom. The van der Waals surface area contributed by atoms with Gasteiger partial charge < -0.3 is 4.90 Å². The molecule has 0 aliphatic carbocycles. The Morgan fingerprint density at radius 1 is 1.10 bits per heavy atom. The van der Waals surface area contributed by atoms with Crippen LogP contribution in [0.4, 0.5) is 0 Å². The lowest BCUT2D eigenvalue weighted by Crippen LogP contribution is -2.23. The molecule has 0 aromatic heterocycles. The van der Waals surface area contributed by atoms with Gasteiger partial charge in [-0.2, -0.15) is 5.26 Å². The third-order valence-corrected chi connectivity index (χ3v) is 3.39. The van der Waals surface area contributed by atoms with E-state index >= 15 is 0 Å². The summed E-state index contributed by atoms with van der Waals surface area (Å²) in [6, 6.07) is 20.9. The number of rotatable bonds is 5. The highest BCUT2D eigenvalue weighted by Gasteiger charge is 2.13. The van der Waals surface area contributed by atoms with Gasteiger partial charge in [0.1, 0.15) is 0 Å². The molecule has 2 nitrogen and oxygen atoms in total. The van der Waals surface area contributed by atoms with Gasteiger partial charge in [0.15, 0.2) is 0 Å². The van der Waals surface area contributed by atoms with E-state index in [-0.39, 0.29) is 5.92 Å². The van der Waals surface area contributed by atoms with Crippen LogP contribution in [-0.2, 0) is 6.54 Å². The van der Waals surface area contributed by atoms with Crippen LogP contribution in [0.25, 0.3) is 0 Å². The highest BCUT2D eigenvalue weighted by atomic mass is 15.1. The number of benzene rings is 2. The summed E-state index contributed by atoms with van der Waals surface area (Å²) in [4.78, 5) is 2.20. The van der Waals surface area contributed by atoms with E-state index < -0.39 is 0 Å². The van der Waals surface area contributed by atoms with Crippen LogP contribution in [0.3, 0.4) is 0 Å². The largest absolute Gasteiger partial charge is 0.300 e. The number of nitriles is 1. The minimum atomic E-state index is -0.0778. The Bertz CT molecular complexity index is 584. The second-order valence-corrected chi connectivity index (χ2v) is 5.28. The summed E-state index contributed by atoms with van der Waals surface area (Å²) in [7, 11) is 2.07. The molecule has 0 heterocycles. The van der Waals surface area contributed by atoms with Gasteiger partial charge in [-0.1, -0.05) is 60.2 Å². The molecule has 0 N–H and O–H groups in total. The smallest absolute Gasteiger partial charge is 0.0839 e. The zero-order valence-electron chi connectivity index (χ0n) is 12.1. The van der Waals surface area contributed by atoms with Crippen molar-refractivity contribution in [3.8, 4) is 6.07 Å². The van der Waals surface area contributed by atoms with Gasteiger partial charge in [0.25, 0.3) is 0 Å². The molecule has 20 heavy (non-hydrogen) atoms. The minimum absolute atomic E-state index is 0.0778. The predicted octanol–water partition coefficient (Wildman–Crippen LogP) is 3.73. The van der Waals surface area contributed by atoms with E-state index in [1.165, 1.54) is 11.1 Å². The summed E-state index contributed by atoms with van der Waals surface area (Å²) in [6.45, 7) is 3.71. The van der Waals surface area contributed by atoms with Crippen molar-refractivity contribution in [2.75, 3.05) is 13.6 Å². The maximum atomic E-state index is 9.36. The molecule has 0 fully saturated rings. The van der Waals surface area contributed by atoms with Gasteiger partial charge in [0.05, 0.1) is 12.0 Å². The van der Waals surface area contributed by atoms with Gasteiger partial charge >= 0.3 is 0 Å². The van der Waals surface area contributed by atoms with Crippen LogP contribution in [0.1, 0.15) is 22.6 Å². The van der Waals surface area contributed by atoms with Crippen molar-refractivity contribution in [2.24, 2.45) is 0 Å². The van der Waals surface area contributed by atoms with Gasteiger partial charge in [0, 0.05) is 13.1 Å². The lowest BCUT2D eigenvalue weighted by Gasteiger charge is -2.20. The molecule has 0 bridgehead atoms. The number of hydrogen-bond acceptors (Lipinski definition) is 2. The zero-order chi connectivity index (χ0) is 14.4. The monoisotopic (exact) mass is 264 g/mol. The molecule has 2 aromatic rings. The van der Waals surface area contributed by atoms with Gasteiger partial charge in [-0.3, -0.25) is 0 Å². The van der Waals surface area contributed by atoms with Crippen molar-refractivity contribution in [3.63, 3.8) is 0 Å². The number of nitrogens with zero attached hydrogens (tertiary/aromatic N) is 2. The summed E-state index contributed by atoms with van der Waals surface area (Å²) in [6.07, 6.45) is 0. The van der Waals surface area contributed by atoms with Crippen molar-refractivity contribution in [1.82, 2.24) is 4.90 Å². The Kier molecular flexibility index (Phi) is 4.92. The fraction of sp³-hybridized carbons (Fsp3) is 0.278. The lowest BCUT2D eigenvalue weighted by atomic mass is 10.00. The van der Waals surface area contributed by atoms with E-state index in [0.29, 0.717) is 0 Å². The van der Waals surface area contributed by atoms with Crippen molar-refractivity contribution < 1.29 is 0 Å². The normalized spacial score (nSPS) is 12.1. The van der Waals surface area contributed by atoms with Crippen molar-refractivity contribution in [1.29, 1.82) is 5.26 Å². The third kappa shape index (κ3) is 3.94. The minimum Gasteiger partial charge on any atom is -0.300 e. The number of likely N-dealkylation sites (N-methyl/N-ethyl adjacent to an activating group) is 1. The first-order valence-corrected chi connectivity index (χ1v) is 6.87. The molecular weight excluding hydrogens is 244 g/mol. The van der Waals surface area contributed by atoms with E-state index in [4.69, 9.17) is 0 Å². The van der Waals surface area contributed by atoms with Gasteiger partial charge in [-0.05, 0) is 25.1 Å². The third-order valence-electron chi connectivity index (χ3n) is 3.39. The fourth-order valence-electron chi connectivity index (χ4n) is 2.40. The average Bonchev–Trinajstić information content (AvgIpc) is 2.45. The topological polar surface area (TPSA) is 27.0 Å². The molecule has 102 valence electrons. The highest BCUT2D eigenvalue weighted by Crippen LogP contribution is 2.16. The second kappa shape index (κ2) is 6.88. The van der Waals surface area contributed by atoms with Crippen LogP contribution in [0.2, 0.25) is 0 Å². The number of hydrogen-bond donors (Lipinski definition) is 0. The summed E-state index contributed by atoms with van der Waals surface area (Å²) in [5, 5.41) is 9.36. The van der Waals surface area contributed by atoms with E-state index in [1.807, 2.05) is 30.3 Å². The molecule has 0 radical (unpaired) electrons. The van der Waals surface area contributed by atoms with Crippen molar-refractivity contribution in [3.05, 3.63) is 71.3 Å². The maximum absolute atomic E-state index is 9.36. The van der Waals surface area contributed by atoms with Crippen LogP contribution in [-0.4, -0.2) is 18.5 Å². The lowest BCUT2D eigenvalue weighted by molar-refractivity contribution is 0.320. The SMILES string of the molecule is Cc1cccc(CN(C)CC(C#N)c2ccccc2)c1. The van der Waals surface area contributed by atoms with Gasteiger partial charge in [0.2, 0.25) is 0 Å². The van der Waals surface area contributed by atoms with Crippen LogP contribution in [0.15, 0.2) is 54.6 Å².